The van der Waals surface area contributed by atoms with Crippen LogP contribution in [0.1, 0.15) is 58.3 Å². The molecule has 2 aliphatic carbocycles. The van der Waals surface area contributed by atoms with Gasteiger partial charge in [0.1, 0.15) is 0 Å². The fourth-order valence-corrected chi connectivity index (χ4v) is 4.40. The summed E-state index contributed by atoms with van der Waals surface area (Å²) >= 11 is 0. The number of hydrogen-bond acceptors (Lipinski definition) is 3. The number of nitrogens with zero attached hydrogens (tertiary/aromatic N) is 1. The van der Waals surface area contributed by atoms with Crippen molar-refractivity contribution < 1.29 is 14.4 Å². The topological polar surface area (TPSA) is 54.5 Å². The molecule has 2 saturated carbocycles. The second-order valence-corrected chi connectivity index (χ2v) is 7.02. The number of amides is 2. The highest BCUT2D eigenvalue weighted by molar-refractivity contribution is 6.08. The fourth-order valence-electron chi connectivity index (χ4n) is 4.40. The van der Waals surface area contributed by atoms with E-state index in [9.17, 15) is 14.4 Å². The molecule has 3 aliphatic rings. The van der Waals surface area contributed by atoms with Gasteiger partial charge in [0.05, 0.1) is 18.4 Å². The second-order valence-electron chi connectivity index (χ2n) is 7.02. The SMILES string of the molecule is CCC1CC2C(=O)N(CC(=O)C3CCCCC3)C(=O)C2C1. The molecule has 116 valence electrons. The summed E-state index contributed by atoms with van der Waals surface area (Å²) < 4.78 is 0. The Morgan fingerprint density at radius 1 is 1.05 bits per heavy atom. The number of fused-ring (bicyclic) bond motifs is 1. The largest absolute Gasteiger partial charge is 0.297 e. The van der Waals surface area contributed by atoms with Crippen LogP contribution in [-0.2, 0) is 14.4 Å². The minimum atomic E-state index is -0.137. The molecule has 0 aromatic carbocycles. The number of Topliss-reactive ketones (excluding diaryl/α,β-unsaturated/α-hetero) is 1. The van der Waals surface area contributed by atoms with Gasteiger partial charge in [-0.15, -0.1) is 0 Å². The van der Waals surface area contributed by atoms with Gasteiger partial charge in [-0.3, -0.25) is 19.3 Å². The standard InChI is InChI=1S/C17H25NO3/c1-2-11-8-13-14(9-11)17(21)18(16(13)20)10-15(19)12-6-4-3-5-7-12/h11-14H,2-10H2,1H3. The van der Waals surface area contributed by atoms with E-state index in [1.165, 1.54) is 11.3 Å². The summed E-state index contributed by atoms with van der Waals surface area (Å²) in [5, 5.41) is 0. The monoisotopic (exact) mass is 291 g/mol. The van der Waals surface area contributed by atoms with Crippen molar-refractivity contribution in [3.63, 3.8) is 0 Å². The second kappa shape index (κ2) is 5.90. The van der Waals surface area contributed by atoms with Crippen LogP contribution in [0.25, 0.3) is 0 Å². The molecule has 2 unspecified atom stereocenters. The van der Waals surface area contributed by atoms with Gasteiger partial charge in [0.25, 0.3) is 0 Å². The number of hydrogen-bond donors (Lipinski definition) is 0. The highest BCUT2D eigenvalue weighted by Gasteiger charge is 2.52. The molecule has 4 nitrogen and oxygen atoms in total. The first-order chi connectivity index (χ1) is 10.1. The Morgan fingerprint density at radius 3 is 2.14 bits per heavy atom. The molecule has 21 heavy (non-hydrogen) atoms. The minimum Gasteiger partial charge on any atom is -0.297 e. The lowest BCUT2D eigenvalue weighted by Crippen LogP contribution is -2.39. The minimum absolute atomic E-state index is 0.0339. The Labute approximate surface area is 126 Å². The maximum absolute atomic E-state index is 12.4. The highest BCUT2D eigenvalue weighted by atomic mass is 16.2. The lowest BCUT2D eigenvalue weighted by Gasteiger charge is -2.23. The zero-order chi connectivity index (χ0) is 15.0. The van der Waals surface area contributed by atoms with Gasteiger partial charge in [0, 0.05) is 5.92 Å². The van der Waals surface area contributed by atoms with Gasteiger partial charge in [-0.1, -0.05) is 32.6 Å². The molecule has 2 amide bonds. The maximum atomic E-state index is 12.4. The first-order valence-corrected chi connectivity index (χ1v) is 8.49. The third kappa shape index (κ3) is 2.65. The first-order valence-electron chi connectivity index (χ1n) is 8.49. The summed E-state index contributed by atoms with van der Waals surface area (Å²) in [6.45, 7) is 2.15. The van der Waals surface area contributed by atoms with Crippen LogP contribution in [0.5, 0.6) is 0 Å². The Bertz CT molecular complexity index is 429. The van der Waals surface area contributed by atoms with Crippen LogP contribution in [0.2, 0.25) is 0 Å². The van der Waals surface area contributed by atoms with Gasteiger partial charge in [-0.2, -0.15) is 0 Å². The van der Waals surface area contributed by atoms with Crippen LogP contribution in [0.4, 0.5) is 0 Å². The van der Waals surface area contributed by atoms with E-state index in [0.717, 1.165) is 44.9 Å². The van der Waals surface area contributed by atoms with Crippen LogP contribution >= 0.6 is 0 Å². The molecule has 0 aromatic rings. The molecule has 0 N–H and O–H groups in total. The summed E-state index contributed by atoms with van der Waals surface area (Å²) in [7, 11) is 0. The average molecular weight is 291 g/mol. The number of imide groups is 1. The summed E-state index contributed by atoms with van der Waals surface area (Å²) in [6.07, 6.45) is 7.96. The Kier molecular flexibility index (Phi) is 4.14. The zero-order valence-corrected chi connectivity index (χ0v) is 12.8. The van der Waals surface area contributed by atoms with Gasteiger partial charge >= 0.3 is 0 Å². The molecule has 0 bridgehead atoms. The molecule has 3 rings (SSSR count). The molecule has 0 aromatic heterocycles. The fraction of sp³-hybridized carbons (Fsp3) is 0.824. The van der Waals surface area contributed by atoms with Gasteiger partial charge in [-0.05, 0) is 31.6 Å². The van der Waals surface area contributed by atoms with Crippen LogP contribution in [0, 0.1) is 23.7 Å². The molecule has 1 heterocycles. The molecular formula is C17H25NO3. The van der Waals surface area contributed by atoms with Crippen molar-refractivity contribution in [3.8, 4) is 0 Å². The first kappa shape index (κ1) is 14.7. The van der Waals surface area contributed by atoms with Crippen LogP contribution in [-0.4, -0.2) is 29.0 Å². The normalized spacial score (nSPS) is 33.6. The number of carbonyl (C=O) groups is 3. The lowest BCUT2D eigenvalue weighted by atomic mass is 9.86. The average Bonchev–Trinajstić information content (AvgIpc) is 3.03. The molecule has 0 radical (unpaired) electrons. The summed E-state index contributed by atoms with van der Waals surface area (Å²) in [4.78, 5) is 38.5. The van der Waals surface area contributed by atoms with Gasteiger partial charge in [0.15, 0.2) is 5.78 Å². The summed E-state index contributed by atoms with van der Waals surface area (Å²) in [5.74, 6) is 0.245. The van der Waals surface area contributed by atoms with Crippen molar-refractivity contribution in [2.24, 2.45) is 23.7 Å². The van der Waals surface area contributed by atoms with E-state index >= 15 is 0 Å². The number of ketones is 1. The lowest BCUT2D eigenvalue weighted by molar-refractivity contribution is -0.144. The molecule has 1 saturated heterocycles. The Balaban J connectivity index is 1.63. The van der Waals surface area contributed by atoms with Crippen molar-refractivity contribution >= 4 is 17.6 Å². The smallest absolute Gasteiger partial charge is 0.233 e. The number of likely N-dealkylation sites (tertiary alicyclic amines) is 1. The maximum Gasteiger partial charge on any atom is 0.233 e. The number of carbonyl (C=O) groups excluding carboxylic acids is 3. The molecule has 3 fully saturated rings. The van der Waals surface area contributed by atoms with Crippen molar-refractivity contribution in [1.82, 2.24) is 4.90 Å². The van der Waals surface area contributed by atoms with Crippen molar-refractivity contribution in [1.29, 1.82) is 0 Å². The molecule has 2 atom stereocenters. The quantitative estimate of drug-likeness (QED) is 0.748. The van der Waals surface area contributed by atoms with Crippen LogP contribution < -0.4 is 0 Å². The van der Waals surface area contributed by atoms with E-state index in [1.807, 2.05) is 0 Å². The summed E-state index contributed by atoms with van der Waals surface area (Å²) in [6, 6.07) is 0. The van der Waals surface area contributed by atoms with Crippen LogP contribution in [0.15, 0.2) is 0 Å². The predicted octanol–water partition coefficient (Wildman–Crippen LogP) is 2.56. The third-order valence-electron chi connectivity index (χ3n) is 5.78. The van der Waals surface area contributed by atoms with Gasteiger partial charge in [-0.25, -0.2) is 0 Å². The van der Waals surface area contributed by atoms with E-state index in [4.69, 9.17) is 0 Å². The predicted molar refractivity (Wildman–Crippen MR) is 78.3 cm³/mol. The van der Waals surface area contributed by atoms with E-state index in [-0.39, 0.29) is 41.9 Å². The van der Waals surface area contributed by atoms with E-state index in [2.05, 4.69) is 6.92 Å². The Morgan fingerprint density at radius 2 is 1.62 bits per heavy atom. The van der Waals surface area contributed by atoms with Crippen molar-refractivity contribution in [3.05, 3.63) is 0 Å². The molecule has 1 aliphatic heterocycles. The van der Waals surface area contributed by atoms with Crippen molar-refractivity contribution in [2.75, 3.05) is 6.54 Å². The van der Waals surface area contributed by atoms with Crippen molar-refractivity contribution in [2.45, 2.75) is 58.3 Å². The highest BCUT2D eigenvalue weighted by Crippen LogP contribution is 2.44. The number of rotatable bonds is 4. The van der Waals surface area contributed by atoms with E-state index in [0.29, 0.717) is 5.92 Å². The molecular weight excluding hydrogens is 266 g/mol. The molecule has 0 spiro atoms. The van der Waals surface area contributed by atoms with E-state index in [1.54, 1.807) is 0 Å². The van der Waals surface area contributed by atoms with Gasteiger partial charge in [0.2, 0.25) is 11.8 Å². The summed E-state index contributed by atoms with van der Waals surface area (Å²) in [5.41, 5.74) is 0. The zero-order valence-electron chi connectivity index (χ0n) is 12.8. The van der Waals surface area contributed by atoms with E-state index < -0.39 is 0 Å². The third-order valence-corrected chi connectivity index (χ3v) is 5.78. The Hall–Kier alpha value is -1.19. The van der Waals surface area contributed by atoms with Crippen LogP contribution in [0.3, 0.4) is 0 Å². The van der Waals surface area contributed by atoms with Gasteiger partial charge < -0.3 is 0 Å². The molecule has 4 heteroatoms.